The summed E-state index contributed by atoms with van der Waals surface area (Å²) in [6, 6.07) is 5.66. The largest absolute Gasteiger partial charge is 0.481 e. The van der Waals surface area contributed by atoms with Crippen molar-refractivity contribution in [3.8, 4) is 0 Å². The number of carbonyl (C=O) groups excluding carboxylic acids is 1. The molecule has 1 N–H and O–H groups in total. The van der Waals surface area contributed by atoms with E-state index in [9.17, 15) is 14.0 Å². The normalized spacial score (nSPS) is 10.5. The van der Waals surface area contributed by atoms with Crippen molar-refractivity contribution in [2.24, 2.45) is 0 Å². The maximum absolute atomic E-state index is 12.8. The van der Waals surface area contributed by atoms with E-state index in [0.29, 0.717) is 5.56 Å². The average molecular weight is 267 g/mol. The van der Waals surface area contributed by atoms with E-state index in [1.54, 1.807) is 12.1 Å². The molecule has 19 heavy (non-hydrogen) atoms. The van der Waals surface area contributed by atoms with Crippen molar-refractivity contribution in [1.29, 1.82) is 0 Å². The van der Waals surface area contributed by atoms with Crippen LogP contribution in [0, 0.1) is 5.82 Å². The number of carbonyl (C=O) groups is 2. The van der Waals surface area contributed by atoms with Crippen LogP contribution in [0.2, 0.25) is 0 Å². The Morgan fingerprint density at radius 1 is 1.26 bits per heavy atom. The molecule has 1 amide bonds. The SMILES string of the molecule is CC(C)N(CCC(=O)O)C(=O)Cc1ccc(F)cc1. The van der Waals surface area contributed by atoms with E-state index >= 15 is 0 Å². The number of carboxylic acid groups (broad SMARTS) is 1. The van der Waals surface area contributed by atoms with Crippen molar-refractivity contribution in [1.82, 2.24) is 4.90 Å². The third-order valence-electron chi connectivity index (χ3n) is 2.78. The van der Waals surface area contributed by atoms with E-state index < -0.39 is 5.97 Å². The van der Waals surface area contributed by atoms with Gasteiger partial charge in [0.15, 0.2) is 0 Å². The number of carboxylic acids is 1. The molecular weight excluding hydrogens is 249 g/mol. The summed E-state index contributed by atoms with van der Waals surface area (Å²) < 4.78 is 12.8. The fourth-order valence-corrected chi connectivity index (χ4v) is 1.77. The number of hydrogen-bond acceptors (Lipinski definition) is 2. The summed E-state index contributed by atoms with van der Waals surface area (Å²) in [6.45, 7) is 3.86. The van der Waals surface area contributed by atoms with E-state index in [4.69, 9.17) is 5.11 Å². The van der Waals surface area contributed by atoms with Crippen molar-refractivity contribution in [2.75, 3.05) is 6.54 Å². The lowest BCUT2D eigenvalue weighted by atomic mass is 10.1. The van der Waals surface area contributed by atoms with Crippen LogP contribution in [-0.4, -0.2) is 34.5 Å². The van der Waals surface area contributed by atoms with Crippen LogP contribution >= 0.6 is 0 Å². The maximum atomic E-state index is 12.8. The molecule has 5 heteroatoms. The van der Waals surface area contributed by atoms with Gasteiger partial charge in [0.25, 0.3) is 0 Å². The fourth-order valence-electron chi connectivity index (χ4n) is 1.77. The molecule has 0 aromatic heterocycles. The summed E-state index contributed by atoms with van der Waals surface area (Å²) in [6.07, 6.45) is 0.0748. The van der Waals surface area contributed by atoms with Gasteiger partial charge < -0.3 is 10.0 Å². The molecule has 0 saturated heterocycles. The van der Waals surface area contributed by atoms with Gasteiger partial charge in [0, 0.05) is 12.6 Å². The lowest BCUT2D eigenvalue weighted by Gasteiger charge is -2.26. The van der Waals surface area contributed by atoms with Crippen molar-refractivity contribution >= 4 is 11.9 Å². The molecule has 0 bridgehead atoms. The van der Waals surface area contributed by atoms with Gasteiger partial charge in [-0.1, -0.05) is 12.1 Å². The molecular formula is C14H18FNO3. The average Bonchev–Trinajstić information content (AvgIpc) is 2.31. The zero-order valence-corrected chi connectivity index (χ0v) is 11.1. The third kappa shape index (κ3) is 5.07. The van der Waals surface area contributed by atoms with E-state index in [2.05, 4.69) is 0 Å². The van der Waals surface area contributed by atoms with Gasteiger partial charge in [-0.05, 0) is 31.5 Å². The second kappa shape index (κ2) is 6.87. The van der Waals surface area contributed by atoms with Crippen LogP contribution in [0.4, 0.5) is 4.39 Å². The van der Waals surface area contributed by atoms with Crippen molar-refractivity contribution in [3.63, 3.8) is 0 Å². The number of rotatable bonds is 6. The minimum atomic E-state index is -0.930. The molecule has 0 aliphatic rings. The minimum Gasteiger partial charge on any atom is -0.481 e. The molecule has 104 valence electrons. The Bertz CT molecular complexity index is 443. The van der Waals surface area contributed by atoms with Crippen LogP contribution in [0.1, 0.15) is 25.8 Å². The van der Waals surface area contributed by atoms with Crippen LogP contribution in [0.5, 0.6) is 0 Å². The summed E-state index contributed by atoms with van der Waals surface area (Å²) in [5.74, 6) is -1.43. The molecule has 0 heterocycles. The molecule has 1 aromatic rings. The Morgan fingerprint density at radius 3 is 2.32 bits per heavy atom. The Morgan fingerprint density at radius 2 is 1.84 bits per heavy atom. The molecule has 0 aliphatic carbocycles. The fraction of sp³-hybridized carbons (Fsp3) is 0.429. The number of halogens is 1. The van der Waals surface area contributed by atoms with Crippen molar-refractivity contribution < 1.29 is 19.1 Å². The van der Waals surface area contributed by atoms with E-state index in [0.717, 1.165) is 0 Å². The predicted molar refractivity (Wildman–Crippen MR) is 69.2 cm³/mol. The van der Waals surface area contributed by atoms with Gasteiger partial charge >= 0.3 is 5.97 Å². The van der Waals surface area contributed by atoms with Crippen LogP contribution < -0.4 is 0 Å². The molecule has 0 spiro atoms. The summed E-state index contributed by atoms with van der Waals surface area (Å²) in [5.41, 5.74) is 0.715. The van der Waals surface area contributed by atoms with Crippen LogP contribution in [-0.2, 0) is 16.0 Å². The van der Waals surface area contributed by atoms with Gasteiger partial charge in [0.1, 0.15) is 5.82 Å². The lowest BCUT2D eigenvalue weighted by Crippen LogP contribution is -2.39. The highest BCUT2D eigenvalue weighted by molar-refractivity contribution is 5.79. The molecule has 1 rings (SSSR count). The van der Waals surface area contributed by atoms with Gasteiger partial charge in [-0.15, -0.1) is 0 Å². The number of hydrogen-bond donors (Lipinski definition) is 1. The summed E-state index contributed by atoms with van der Waals surface area (Å²) in [7, 11) is 0. The highest BCUT2D eigenvalue weighted by Crippen LogP contribution is 2.08. The van der Waals surface area contributed by atoms with Crippen molar-refractivity contribution in [2.45, 2.75) is 32.7 Å². The molecule has 0 atom stereocenters. The zero-order chi connectivity index (χ0) is 14.4. The van der Waals surface area contributed by atoms with Gasteiger partial charge in [0.05, 0.1) is 12.8 Å². The van der Waals surface area contributed by atoms with E-state index in [1.807, 2.05) is 13.8 Å². The van der Waals surface area contributed by atoms with Crippen LogP contribution in [0.25, 0.3) is 0 Å². The maximum Gasteiger partial charge on any atom is 0.305 e. The first kappa shape index (κ1) is 15.1. The standard InChI is InChI=1S/C14H18FNO3/c1-10(2)16(8-7-14(18)19)13(17)9-11-3-5-12(15)6-4-11/h3-6,10H,7-9H2,1-2H3,(H,18,19). The topological polar surface area (TPSA) is 57.6 Å². The molecule has 0 radical (unpaired) electrons. The minimum absolute atomic E-state index is 0.0627. The highest BCUT2D eigenvalue weighted by Gasteiger charge is 2.18. The second-order valence-corrected chi connectivity index (χ2v) is 4.63. The first-order chi connectivity index (χ1) is 8.90. The summed E-state index contributed by atoms with van der Waals surface area (Å²) >= 11 is 0. The Labute approximate surface area is 111 Å². The van der Waals surface area contributed by atoms with E-state index in [-0.39, 0.29) is 37.2 Å². The smallest absolute Gasteiger partial charge is 0.305 e. The Kier molecular flexibility index (Phi) is 5.48. The van der Waals surface area contributed by atoms with Gasteiger partial charge in [-0.3, -0.25) is 9.59 Å². The first-order valence-corrected chi connectivity index (χ1v) is 6.16. The summed E-state index contributed by atoms with van der Waals surface area (Å²) in [5, 5.41) is 8.67. The molecule has 4 nitrogen and oxygen atoms in total. The Balaban J connectivity index is 2.66. The third-order valence-corrected chi connectivity index (χ3v) is 2.78. The first-order valence-electron chi connectivity index (χ1n) is 6.16. The summed E-state index contributed by atoms with van der Waals surface area (Å²) in [4.78, 5) is 24.2. The number of amides is 1. The highest BCUT2D eigenvalue weighted by atomic mass is 19.1. The van der Waals surface area contributed by atoms with Crippen LogP contribution in [0.15, 0.2) is 24.3 Å². The monoisotopic (exact) mass is 267 g/mol. The van der Waals surface area contributed by atoms with Gasteiger partial charge in [0.2, 0.25) is 5.91 Å². The quantitative estimate of drug-likeness (QED) is 0.858. The number of aliphatic carboxylic acids is 1. The molecule has 0 saturated carbocycles. The number of benzene rings is 1. The number of nitrogens with zero attached hydrogens (tertiary/aromatic N) is 1. The van der Waals surface area contributed by atoms with Crippen LogP contribution in [0.3, 0.4) is 0 Å². The van der Waals surface area contributed by atoms with E-state index in [1.165, 1.54) is 17.0 Å². The molecule has 0 unspecified atom stereocenters. The lowest BCUT2D eigenvalue weighted by molar-refractivity contribution is -0.139. The second-order valence-electron chi connectivity index (χ2n) is 4.63. The van der Waals surface area contributed by atoms with Gasteiger partial charge in [-0.2, -0.15) is 0 Å². The zero-order valence-electron chi connectivity index (χ0n) is 11.1. The Hall–Kier alpha value is -1.91. The molecule has 0 aliphatic heterocycles. The molecule has 0 fully saturated rings. The predicted octanol–water partition coefficient (Wildman–Crippen LogP) is 2.08. The molecule has 1 aromatic carbocycles. The van der Waals surface area contributed by atoms with Crippen molar-refractivity contribution in [3.05, 3.63) is 35.6 Å². The van der Waals surface area contributed by atoms with Gasteiger partial charge in [-0.25, -0.2) is 4.39 Å².